The van der Waals surface area contributed by atoms with Crippen LogP contribution >= 0.6 is 22.6 Å². The summed E-state index contributed by atoms with van der Waals surface area (Å²) in [6, 6.07) is 17.3. The predicted octanol–water partition coefficient (Wildman–Crippen LogP) is 3.91. The Morgan fingerprint density at radius 1 is 0.947 bits per heavy atom. The van der Waals surface area contributed by atoms with E-state index in [1.807, 2.05) is 54.6 Å². The summed E-state index contributed by atoms with van der Waals surface area (Å²) in [5.41, 5.74) is 2.66. The Kier molecular flexibility index (Phi) is 3.06. The topological polar surface area (TPSA) is 50.4 Å². The molecule has 2 aromatic rings. The third-order valence-electron chi connectivity index (χ3n) is 2.96. The van der Waals surface area contributed by atoms with Gasteiger partial charge in [-0.25, -0.2) is 4.79 Å². The molecule has 3 rings (SSSR count). The normalized spacial score (nSPS) is 15.0. The molecule has 0 fully saturated rings. The summed E-state index contributed by atoms with van der Waals surface area (Å²) < 4.78 is 5.11. The van der Waals surface area contributed by atoms with Crippen LogP contribution < -0.4 is 10.6 Å². The molecule has 0 atom stereocenters. The number of ether oxygens (including phenoxy) is 1. The van der Waals surface area contributed by atoms with E-state index in [4.69, 9.17) is 4.74 Å². The van der Waals surface area contributed by atoms with Crippen molar-refractivity contribution in [1.29, 1.82) is 0 Å². The number of para-hydroxylation sites is 2. The summed E-state index contributed by atoms with van der Waals surface area (Å²) in [4.78, 5) is 11.4. The number of rotatable bonds is 2. The number of benzene rings is 2. The van der Waals surface area contributed by atoms with Crippen LogP contribution in [0.4, 0.5) is 16.2 Å². The molecule has 2 aromatic carbocycles. The highest BCUT2D eigenvalue weighted by Crippen LogP contribution is 2.40. The molecule has 96 valence electrons. The number of fused-ring (bicyclic) bond motifs is 1. The van der Waals surface area contributed by atoms with Gasteiger partial charge in [0, 0.05) is 5.56 Å². The van der Waals surface area contributed by atoms with Crippen LogP contribution in [0.5, 0.6) is 0 Å². The minimum absolute atomic E-state index is 0.380. The van der Waals surface area contributed by atoms with Gasteiger partial charge in [0.15, 0.2) is 0 Å². The summed E-state index contributed by atoms with van der Waals surface area (Å²) in [7, 11) is 0. The number of carbonyl (C=O) groups is 1. The average molecular weight is 366 g/mol. The van der Waals surface area contributed by atoms with Gasteiger partial charge in [-0.3, -0.25) is 0 Å². The first-order valence-electron chi connectivity index (χ1n) is 5.79. The molecule has 19 heavy (non-hydrogen) atoms. The lowest BCUT2D eigenvalue weighted by molar-refractivity contribution is 0.0780. The van der Waals surface area contributed by atoms with Crippen LogP contribution in [0.15, 0.2) is 54.6 Å². The van der Waals surface area contributed by atoms with Crippen molar-refractivity contribution in [1.82, 2.24) is 0 Å². The molecule has 0 spiro atoms. The second-order valence-corrected chi connectivity index (χ2v) is 5.06. The van der Waals surface area contributed by atoms with Crippen molar-refractivity contribution < 1.29 is 9.53 Å². The molecule has 5 heteroatoms. The molecule has 0 bridgehead atoms. The van der Waals surface area contributed by atoms with Crippen molar-refractivity contribution in [3.05, 3.63) is 60.2 Å². The van der Waals surface area contributed by atoms with Gasteiger partial charge >= 0.3 is 3.98 Å². The van der Waals surface area contributed by atoms with Gasteiger partial charge < -0.3 is 15.4 Å². The molecular weight excluding hydrogens is 355 g/mol. The predicted molar refractivity (Wildman–Crippen MR) is 82.3 cm³/mol. The molecule has 0 saturated carbocycles. The zero-order chi connectivity index (χ0) is 13.3. The summed E-state index contributed by atoms with van der Waals surface area (Å²) in [5.74, 6) is -1.04. The first-order chi connectivity index (χ1) is 9.20. The zero-order valence-corrected chi connectivity index (χ0v) is 12.0. The van der Waals surface area contributed by atoms with E-state index in [9.17, 15) is 4.79 Å². The maximum absolute atomic E-state index is 11.4. The lowest BCUT2D eigenvalue weighted by Crippen LogP contribution is -2.42. The lowest BCUT2D eigenvalue weighted by atomic mass is 10.1. The van der Waals surface area contributed by atoms with Crippen LogP contribution in [0.2, 0.25) is 0 Å². The third kappa shape index (κ3) is 2.25. The number of anilines is 2. The van der Waals surface area contributed by atoms with Crippen LogP contribution in [0.25, 0.3) is 0 Å². The van der Waals surface area contributed by atoms with Crippen LogP contribution in [0, 0.1) is 0 Å². The van der Waals surface area contributed by atoms with Crippen LogP contribution in [0.3, 0.4) is 0 Å². The highest BCUT2D eigenvalue weighted by atomic mass is 127. The number of hydrogen-bond donors (Lipinski definition) is 2. The Bertz CT molecular complexity index is 591. The van der Waals surface area contributed by atoms with Crippen LogP contribution in [-0.4, -0.2) is 3.98 Å². The highest BCUT2D eigenvalue weighted by Gasteiger charge is 2.41. The third-order valence-corrected chi connectivity index (χ3v) is 3.18. The van der Waals surface area contributed by atoms with E-state index in [1.54, 1.807) is 22.6 Å². The standard InChI is InChI=1S/C14H11IN2O2/c15-13(18)19-14(10-6-2-1-3-7-10)16-11-8-4-5-9-12(11)17-14/h1-9,16-17H. The lowest BCUT2D eigenvalue weighted by Gasteiger charge is -2.29. The fourth-order valence-electron chi connectivity index (χ4n) is 2.16. The van der Waals surface area contributed by atoms with Gasteiger partial charge in [0.1, 0.15) is 0 Å². The van der Waals surface area contributed by atoms with Crippen molar-refractivity contribution in [3.8, 4) is 0 Å². The molecule has 1 aliphatic rings. The highest BCUT2D eigenvalue weighted by molar-refractivity contribution is 14.1. The summed E-state index contributed by atoms with van der Waals surface area (Å²) in [6.45, 7) is 0. The maximum Gasteiger partial charge on any atom is 0.370 e. The maximum atomic E-state index is 11.4. The Hall–Kier alpha value is -1.76. The fraction of sp³-hybridized carbons (Fsp3) is 0.0714. The van der Waals surface area contributed by atoms with Crippen LogP contribution in [-0.2, 0) is 10.6 Å². The SMILES string of the molecule is O=C(I)OC1(c2ccccc2)Nc2ccccc2N1. The van der Waals surface area contributed by atoms with E-state index in [2.05, 4.69) is 10.6 Å². The van der Waals surface area contributed by atoms with E-state index in [0.717, 1.165) is 16.9 Å². The van der Waals surface area contributed by atoms with Gasteiger partial charge in [0.05, 0.1) is 34.0 Å². The number of carbonyl (C=O) groups excluding carboxylic acids is 1. The quantitative estimate of drug-likeness (QED) is 0.625. The molecule has 2 N–H and O–H groups in total. The van der Waals surface area contributed by atoms with E-state index in [1.165, 1.54) is 0 Å². The van der Waals surface area contributed by atoms with Crippen LogP contribution in [0.1, 0.15) is 5.56 Å². The molecule has 0 unspecified atom stereocenters. The number of halogens is 1. The first kappa shape index (κ1) is 12.3. The van der Waals surface area contributed by atoms with Crippen molar-refractivity contribution in [2.45, 2.75) is 5.85 Å². The van der Waals surface area contributed by atoms with Gasteiger partial charge in [-0.2, -0.15) is 0 Å². The van der Waals surface area contributed by atoms with E-state index >= 15 is 0 Å². The van der Waals surface area contributed by atoms with Gasteiger partial charge in [-0.15, -0.1) is 0 Å². The van der Waals surface area contributed by atoms with E-state index in [-0.39, 0.29) is 3.98 Å². The molecule has 0 aliphatic carbocycles. The Labute approximate surface area is 124 Å². The molecule has 4 nitrogen and oxygen atoms in total. The molecule has 0 radical (unpaired) electrons. The minimum atomic E-state index is -1.04. The number of hydrogen-bond acceptors (Lipinski definition) is 4. The Morgan fingerprint density at radius 2 is 1.47 bits per heavy atom. The zero-order valence-electron chi connectivity index (χ0n) is 9.89. The summed E-state index contributed by atoms with van der Waals surface area (Å²) in [5, 5.41) is 6.47. The molecule has 1 heterocycles. The van der Waals surface area contributed by atoms with E-state index in [0.29, 0.717) is 0 Å². The largest absolute Gasteiger partial charge is 0.408 e. The minimum Gasteiger partial charge on any atom is -0.408 e. The molecule has 1 aliphatic heterocycles. The molecular formula is C14H11IN2O2. The van der Waals surface area contributed by atoms with Gasteiger partial charge in [-0.05, 0) is 12.1 Å². The van der Waals surface area contributed by atoms with Gasteiger partial charge in [0.2, 0.25) is 0 Å². The summed E-state index contributed by atoms with van der Waals surface area (Å²) >= 11 is 1.63. The smallest absolute Gasteiger partial charge is 0.370 e. The molecule has 0 amide bonds. The second kappa shape index (κ2) is 4.73. The Morgan fingerprint density at radius 3 is 2.00 bits per heavy atom. The van der Waals surface area contributed by atoms with Crippen molar-refractivity contribution in [3.63, 3.8) is 0 Å². The van der Waals surface area contributed by atoms with Gasteiger partial charge in [-0.1, -0.05) is 42.5 Å². The van der Waals surface area contributed by atoms with Crippen molar-refractivity contribution in [2.24, 2.45) is 0 Å². The Balaban J connectivity index is 2.04. The van der Waals surface area contributed by atoms with E-state index < -0.39 is 5.85 Å². The van der Waals surface area contributed by atoms with Crippen molar-refractivity contribution >= 4 is 37.9 Å². The molecule has 0 aromatic heterocycles. The van der Waals surface area contributed by atoms with Gasteiger partial charge in [0.25, 0.3) is 5.85 Å². The monoisotopic (exact) mass is 366 g/mol. The first-order valence-corrected chi connectivity index (χ1v) is 6.87. The average Bonchev–Trinajstić information content (AvgIpc) is 2.78. The second-order valence-electron chi connectivity index (χ2n) is 4.18. The molecule has 0 saturated heterocycles. The fourth-order valence-corrected chi connectivity index (χ4v) is 2.49. The van der Waals surface area contributed by atoms with Crippen molar-refractivity contribution in [2.75, 3.05) is 10.6 Å². The summed E-state index contributed by atoms with van der Waals surface area (Å²) in [6.07, 6.45) is 0. The number of nitrogens with one attached hydrogen (secondary N) is 2.